The molecule has 0 aliphatic carbocycles. The van der Waals surface area contributed by atoms with E-state index < -0.39 is 15.6 Å². The third-order valence-electron chi connectivity index (χ3n) is 9.62. The normalized spacial score (nSPS) is 12.9. The van der Waals surface area contributed by atoms with Crippen LogP contribution >= 0.6 is 7.26 Å². The molecule has 1 heterocycles. The molecule has 0 radical (unpaired) electrons. The number of aromatic nitrogens is 1. The molecule has 6 aromatic rings. The van der Waals surface area contributed by atoms with Gasteiger partial charge in [0.1, 0.15) is 23.2 Å². The fourth-order valence-electron chi connectivity index (χ4n) is 7.26. The summed E-state index contributed by atoms with van der Waals surface area (Å²) < 4.78 is 7.97. The highest BCUT2D eigenvalue weighted by Crippen LogP contribution is 2.56. The fourth-order valence-corrected chi connectivity index (χ4v) is 16.3. The average molecular weight is 804 g/mol. The first-order chi connectivity index (χ1) is 23.8. The van der Waals surface area contributed by atoms with E-state index in [1.807, 2.05) is 12.3 Å². The van der Waals surface area contributed by atoms with Crippen LogP contribution in [0.5, 0.6) is 0 Å². The van der Waals surface area contributed by atoms with Crippen LogP contribution in [0.15, 0.2) is 182 Å². The number of benzene rings is 5. The quantitative estimate of drug-likeness (QED) is 0.0886. The van der Waals surface area contributed by atoms with Crippen LogP contribution in [0, 0.1) is 0 Å². The van der Waals surface area contributed by atoms with E-state index >= 15 is 0 Å². The predicted octanol–water partition coefficient (Wildman–Crippen LogP) is 5.82. The van der Waals surface area contributed by atoms with Gasteiger partial charge in [-0.2, -0.15) is 0 Å². The zero-order valence-electron chi connectivity index (χ0n) is 29.5. The second-order valence-corrected chi connectivity index (χ2v) is 21.6. The maximum Gasteiger partial charge on any atom is 0.261 e. The lowest BCUT2D eigenvalue weighted by Crippen LogP contribution is -3.00. The zero-order chi connectivity index (χ0) is 34.2. The largest absolute Gasteiger partial charge is 1.00 e. The first kappa shape index (κ1) is 37.6. The van der Waals surface area contributed by atoms with Crippen LogP contribution in [0.25, 0.3) is 6.08 Å². The van der Waals surface area contributed by atoms with Gasteiger partial charge in [-0.15, -0.1) is 0 Å². The summed E-state index contributed by atoms with van der Waals surface area (Å²) in [7, 11) is -4.96. The molecule has 0 aliphatic rings. The van der Waals surface area contributed by atoms with E-state index in [1.54, 1.807) is 0 Å². The molecule has 2 nitrogen and oxygen atoms in total. The highest BCUT2D eigenvalue weighted by Gasteiger charge is 2.52. The van der Waals surface area contributed by atoms with E-state index in [0.29, 0.717) is 0 Å². The Morgan fingerprint density at radius 2 is 1.02 bits per heavy atom. The monoisotopic (exact) mass is 803 g/mol. The molecule has 1 unspecified atom stereocenters. The van der Waals surface area contributed by atoms with E-state index in [9.17, 15) is 0 Å². The van der Waals surface area contributed by atoms with Crippen LogP contribution < -0.4 is 50.3 Å². The Morgan fingerprint density at radius 1 is 0.620 bits per heavy atom. The van der Waals surface area contributed by atoms with Crippen LogP contribution in [-0.4, -0.2) is 25.6 Å². The van der Waals surface area contributed by atoms with Crippen molar-refractivity contribution in [2.75, 3.05) is 6.16 Å². The molecule has 0 N–H and O–H groups in total. The van der Waals surface area contributed by atoms with Crippen molar-refractivity contribution >= 4 is 47.9 Å². The molecule has 0 aliphatic heterocycles. The molecule has 1 atom stereocenters. The molecule has 0 amide bonds. The van der Waals surface area contributed by atoms with Crippen molar-refractivity contribution in [1.82, 2.24) is 4.98 Å². The Bertz CT molecular complexity index is 1780. The molecule has 0 saturated carbocycles. The van der Waals surface area contributed by atoms with Crippen LogP contribution in [0.3, 0.4) is 0 Å². The van der Waals surface area contributed by atoms with E-state index in [2.05, 4.69) is 198 Å². The zero-order valence-corrected chi connectivity index (χ0v) is 33.5. The number of halogens is 1. The molecule has 0 spiro atoms. The number of hydrogen-bond donors (Lipinski definition) is 0. The van der Waals surface area contributed by atoms with Crippen LogP contribution in [-0.2, 0) is 4.43 Å². The first-order valence-corrected chi connectivity index (χ1v) is 21.2. The van der Waals surface area contributed by atoms with Gasteiger partial charge in [-0.3, -0.25) is 4.98 Å². The minimum absolute atomic E-state index is 0. The molecular formula is C45H47INOPSi. The average Bonchev–Trinajstić information content (AvgIpc) is 3.15. The summed E-state index contributed by atoms with van der Waals surface area (Å²) in [6, 6.07) is 61.7. The molecule has 5 heteroatoms. The lowest BCUT2D eigenvalue weighted by Gasteiger charge is -2.45. The molecule has 0 bridgehead atoms. The van der Waals surface area contributed by atoms with Crippen molar-refractivity contribution in [2.45, 2.75) is 45.3 Å². The molecule has 0 saturated heterocycles. The van der Waals surface area contributed by atoms with Gasteiger partial charge in [0, 0.05) is 12.6 Å². The summed E-state index contributed by atoms with van der Waals surface area (Å²) >= 11 is 0. The summed E-state index contributed by atoms with van der Waals surface area (Å²) in [6.07, 6.45) is 5.76. The molecule has 1 aromatic heterocycles. The Kier molecular flexibility index (Phi) is 12.8. The van der Waals surface area contributed by atoms with Gasteiger partial charge in [0.25, 0.3) is 8.32 Å². The van der Waals surface area contributed by atoms with Gasteiger partial charge >= 0.3 is 0 Å². The number of nitrogens with zero attached hydrogens (tertiary/aromatic N) is 1. The summed E-state index contributed by atoms with van der Waals surface area (Å²) in [6.45, 7) is 9.33. The molecule has 50 heavy (non-hydrogen) atoms. The Morgan fingerprint density at radius 3 is 1.40 bits per heavy atom. The summed E-state index contributed by atoms with van der Waals surface area (Å²) in [5, 5.41) is 6.61. The Labute approximate surface area is 318 Å². The van der Waals surface area contributed by atoms with Crippen molar-refractivity contribution in [3.63, 3.8) is 0 Å². The highest BCUT2D eigenvalue weighted by molar-refractivity contribution is 7.95. The lowest BCUT2D eigenvalue weighted by atomic mass is 10.1. The molecule has 5 aromatic carbocycles. The Hall–Kier alpha value is -3.67. The van der Waals surface area contributed by atoms with Gasteiger partial charge in [-0.1, -0.05) is 142 Å². The van der Waals surface area contributed by atoms with Crippen LogP contribution in [0.2, 0.25) is 5.04 Å². The van der Waals surface area contributed by atoms with Gasteiger partial charge in [0.2, 0.25) is 0 Å². The smallest absolute Gasteiger partial charge is 0.261 e. The molecular weight excluding hydrogens is 756 g/mol. The number of hydrogen-bond acceptors (Lipinski definition) is 2. The second-order valence-electron chi connectivity index (χ2n) is 13.7. The number of pyridine rings is 1. The minimum Gasteiger partial charge on any atom is -1.00 e. The van der Waals surface area contributed by atoms with Gasteiger partial charge in [0.15, 0.2) is 0 Å². The second kappa shape index (κ2) is 17.0. The van der Waals surface area contributed by atoms with Crippen molar-refractivity contribution in [3.05, 3.63) is 187 Å². The standard InChI is InChI=1S/C45H47NOPSi.HI/c1-37(36-38-22-20-21-34-46-38)44(47-49(45(2,3)4,42-29-16-8-17-30-42)43-31-18-9-19-32-43)33-35-48(39-23-10-5-11-24-39,40-25-12-6-13-26-40)41-27-14-7-15-28-41;/h5-32,34,36,44H,33,35H2,1-4H3;1H/q+1;/p-1. The third-order valence-corrected chi connectivity index (χ3v) is 19.1. The van der Waals surface area contributed by atoms with E-state index in [-0.39, 0.29) is 35.1 Å². The van der Waals surface area contributed by atoms with Crippen LogP contribution in [0.1, 0.15) is 39.8 Å². The van der Waals surface area contributed by atoms with E-state index in [0.717, 1.165) is 18.3 Å². The van der Waals surface area contributed by atoms with Crippen molar-refractivity contribution in [1.29, 1.82) is 0 Å². The van der Waals surface area contributed by atoms with Gasteiger partial charge in [-0.05, 0) is 82.5 Å². The fraction of sp³-hybridized carbons (Fsp3) is 0.178. The maximum atomic E-state index is 7.97. The first-order valence-electron chi connectivity index (χ1n) is 17.3. The number of rotatable bonds is 12. The molecule has 254 valence electrons. The highest BCUT2D eigenvalue weighted by atomic mass is 127. The van der Waals surface area contributed by atoms with Crippen molar-refractivity contribution < 1.29 is 28.4 Å². The lowest BCUT2D eigenvalue weighted by molar-refractivity contribution is -0.0000107. The van der Waals surface area contributed by atoms with E-state index in [1.165, 1.54) is 31.9 Å². The molecule has 6 rings (SSSR count). The summed E-state index contributed by atoms with van der Waals surface area (Å²) in [5.41, 5.74) is 2.14. The predicted molar refractivity (Wildman–Crippen MR) is 215 cm³/mol. The maximum absolute atomic E-state index is 7.97. The van der Waals surface area contributed by atoms with Gasteiger partial charge in [0.05, 0.1) is 18.0 Å². The summed E-state index contributed by atoms with van der Waals surface area (Å²) in [5.74, 6) is 0. The third kappa shape index (κ3) is 7.95. The summed E-state index contributed by atoms with van der Waals surface area (Å²) in [4.78, 5) is 4.70. The topological polar surface area (TPSA) is 22.1 Å². The SMILES string of the molecule is CC(=Cc1ccccn1)C(CC[P+](c1ccccc1)(c1ccccc1)c1ccccc1)O[Si](c1ccccc1)(c1ccccc1)C(C)(C)C.[I-]. The molecule has 0 fully saturated rings. The van der Waals surface area contributed by atoms with Crippen LogP contribution in [0.4, 0.5) is 0 Å². The van der Waals surface area contributed by atoms with Crippen molar-refractivity contribution in [3.8, 4) is 0 Å². The van der Waals surface area contributed by atoms with E-state index in [4.69, 9.17) is 9.41 Å². The van der Waals surface area contributed by atoms with Gasteiger partial charge < -0.3 is 28.4 Å². The minimum atomic E-state index is -2.88. The van der Waals surface area contributed by atoms with Crippen molar-refractivity contribution in [2.24, 2.45) is 0 Å². The van der Waals surface area contributed by atoms with Gasteiger partial charge in [-0.25, -0.2) is 0 Å². The Balaban J connectivity index is 0.00000486.